The Kier molecular flexibility index (Phi) is 4.32. The van der Waals surface area contributed by atoms with Gasteiger partial charge in [0.05, 0.1) is 10.9 Å². The average molecular weight is 372 g/mol. The van der Waals surface area contributed by atoms with Crippen LogP contribution in [0.15, 0.2) is 53.4 Å². The first-order chi connectivity index (χ1) is 12.5. The number of fused-ring (bicyclic) bond motifs is 1. The molecule has 2 heterocycles. The zero-order valence-electron chi connectivity index (χ0n) is 14.6. The van der Waals surface area contributed by atoms with E-state index >= 15 is 0 Å². The fourth-order valence-electron chi connectivity index (χ4n) is 3.81. The van der Waals surface area contributed by atoms with Gasteiger partial charge in [-0.1, -0.05) is 24.6 Å². The minimum atomic E-state index is -3.70. The third kappa shape index (κ3) is 2.93. The van der Waals surface area contributed by atoms with Crippen molar-refractivity contribution in [2.24, 2.45) is 0 Å². The summed E-state index contributed by atoms with van der Waals surface area (Å²) in [4.78, 5) is 3.56. The van der Waals surface area contributed by atoms with E-state index in [1.165, 1.54) is 18.2 Å². The number of aromatic amines is 1. The molecule has 0 amide bonds. The van der Waals surface area contributed by atoms with Crippen LogP contribution in [0.1, 0.15) is 36.6 Å². The molecule has 0 radical (unpaired) electrons. The number of rotatable bonds is 3. The van der Waals surface area contributed by atoms with Crippen molar-refractivity contribution in [3.05, 3.63) is 65.6 Å². The number of sulfonamides is 1. The maximum Gasteiger partial charge on any atom is 0.243 e. The summed E-state index contributed by atoms with van der Waals surface area (Å²) in [5, 5.41) is 1.07. The van der Waals surface area contributed by atoms with E-state index < -0.39 is 15.8 Å². The molecular formula is C20H21FN2O2S. The van der Waals surface area contributed by atoms with Crippen LogP contribution in [-0.4, -0.2) is 24.3 Å². The largest absolute Gasteiger partial charge is 0.357 e. The zero-order chi connectivity index (χ0) is 18.3. The van der Waals surface area contributed by atoms with Crippen LogP contribution in [0.5, 0.6) is 0 Å². The summed E-state index contributed by atoms with van der Waals surface area (Å²) in [6.07, 6.45) is 2.58. The molecule has 2 aromatic carbocycles. The second-order valence-electron chi connectivity index (χ2n) is 6.85. The lowest BCUT2D eigenvalue weighted by molar-refractivity contribution is 0.252. The van der Waals surface area contributed by atoms with Crippen LogP contribution in [-0.2, 0) is 10.0 Å². The highest BCUT2D eigenvalue weighted by molar-refractivity contribution is 7.89. The third-order valence-electron chi connectivity index (χ3n) is 5.09. The topological polar surface area (TPSA) is 53.2 Å². The lowest BCUT2D eigenvalue weighted by Crippen LogP contribution is -2.38. The average Bonchev–Trinajstić information content (AvgIpc) is 3.05. The van der Waals surface area contributed by atoms with Crippen LogP contribution in [0.3, 0.4) is 0 Å². The number of hydrogen-bond donors (Lipinski definition) is 1. The number of piperidine rings is 1. The van der Waals surface area contributed by atoms with Gasteiger partial charge in [0.15, 0.2) is 0 Å². The summed E-state index contributed by atoms with van der Waals surface area (Å²) in [6.45, 7) is 2.11. The van der Waals surface area contributed by atoms with Crippen LogP contribution < -0.4 is 0 Å². The minimum absolute atomic E-state index is 0.182. The van der Waals surface area contributed by atoms with E-state index in [9.17, 15) is 12.8 Å². The predicted octanol–water partition coefficient (Wildman–Crippen LogP) is 4.53. The molecule has 1 atom stereocenters. The van der Waals surface area contributed by atoms with Gasteiger partial charge in [-0.2, -0.15) is 4.31 Å². The number of para-hydroxylation sites is 1. The second-order valence-corrected chi connectivity index (χ2v) is 8.71. The van der Waals surface area contributed by atoms with Crippen LogP contribution in [0.25, 0.3) is 10.9 Å². The van der Waals surface area contributed by atoms with E-state index in [4.69, 9.17) is 0 Å². The molecule has 6 heteroatoms. The first-order valence-corrected chi connectivity index (χ1v) is 10.3. The monoisotopic (exact) mass is 372 g/mol. The van der Waals surface area contributed by atoms with Crippen LogP contribution in [0.2, 0.25) is 0 Å². The molecule has 136 valence electrons. The summed E-state index contributed by atoms with van der Waals surface area (Å²) in [7, 11) is -3.70. The van der Waals surface area contributed by atoms with E-state index in [2.05, 4.69) is 4.98 Å². The van der Waals surface area contributed by atoms with Gasteiger partial charge in [-0.3, -0.25) is 0 Å². The Bertz CT molecular complexity index is 1030. The van der Waals surface area contributed by atoms with Crippen molar-refractivity contribution in [2.75, 3.05) is 6.54 Å². The Morgan fingerprint density at radius 3 is 2.69 bits per heavy atom. The van der Waals surface area contributed by atoms with E-state index in [0.717, 1.165) is 35.9 Å². The Morgan fingerprint density at radius 1 is 1.12 bits per heavy atom. The number of hydrogen-bond acceptors (Lipinski definition) is 2. The molecule has 26 heavy (non-hydrogen) atoms. The van der Waals surface area contributed by atoms with E-state index in [-0.39, 0.29) is 10.9 Å². The Morgan fingerprint density at radius 2 is 1.92 bits per heavy atom. The first kappa shape index (κ1) is 17.2. The van der Waals surface area contributed by atoms with Gasteiger partial charge in [-0.05, 0) is 61.0 Å². The van der Waals surface area contributed by atoms with Crippen LogP contribution >= 0.6 is 0 Å². The van der Waals surface area contributed by atoms with Gasteiger partial charge >= 0.3 is 0 Å². The van der Waals surface area contributed by atoms with Gasteiger partial charge in [-0.15, -0.1) is 0 Å². The maximum atomic E-state index is 13.4. The van der Waals surface area contributed by atoms with Gasteiger partial charge in [0.2, 0.25) is 10.0 Å². The standard InChI is InChI=1S/C20H21FN2O2S/c1-14-12-16(21)9-10-20(14)26(24,25)23-11-5-4-8-19(23)18-13-15-6-2-3-7-17(15)22-18/h2-3,6-7,9-10,12-13,19,22H,4-5,8,11H2,1H3. The molecule has 1 unspecified atom stereocenters. The molecule has 1 fully saturated rings. The first-order valence-electron chi connectivity index (χ1n) is 8.82. The van der Waals surface area contributed by atoms with Crippen molar-refractivity contribution < 1.29 is 12.8 Å². The number of halogens is 1. The Hall–Kier alpha value is -2.18. The normalized spacial score (nSPS) is 19.1. The molecule has 4 rings (SSSR count). The van der Waals surface area contributed by atoms with Crippen molar-refractivity contribution in [1.82, 2.24) is 9.29 Å². The molecule has 4 nitrogen and oxygen atoms in total. The number of aromatic nitrogens is 1. The summed E-state index contributed by atoms with van der Waals surface area (Å²) >= 11 is 0. The number of nitrogens with zero attached hydrogens (tertiary/aromatic N) is 1. The third-order valence-corrected chi connectivity index (χ3v) is 7.16. The Labute approximate surface area is 152 Å². The van der Waals surface area contributed by atoms with E-state index in [1.807, 2.05) is 30.3 Å². The van der Waals surface area contributed by atoms with Gasteiger partial charge < -0.3 is 4.98 Å². The van der Waals surface area contributed by atoms with Gasteiger partial charge in [0, 0.05) is 17.8 Å². The highest BCUT2D eigenvalue weighted by Gasteiger charge is 2.36. The molecule has 0 saturated carbocycles. The van der Waals surface area contributed by atoms with Crippen molar-refractivity contribution in [3.8, 4) is 0 Å². The quantitative estimate of drug-likeness (QED) is 0.734. The van der Waals surface area contributed by atoms with Crippen LogP contribution in [0, 0.1) is 12.7 Å². The summed E-state index contributed by atoms with van der Waals surface area (Å²) < 4.78 is 41.6. The highest BCUT2D eigenvalue weighted by atomic mass is 32.2. The van der Waals surface area contributed by atoms with E-state index in [0.29, 0.717) is 12.1 Å². The smallest absolute Gasteiger partial charge is 0.243 e. The molecule has 0 aliphatic carbocycles. The highest BCUT2D eigenvalue weighted by Crippen LogP contribution is 2.36. The number of nitrogens with one attached hydrogen (secondary N) is 1. The predicted molar refractivity (Wildman–Crippen MR) is 99.9 cm³/mol. The molecule has 3 aromatic rings. The molecule has 1 aliphatic rings. The Balaban J connectivity index is 1.77. The fraction of sp³-hybridized carbons (Fsp3) is 0.300. The molecule has 0 bridgehead atoms. The van der Waals surface area contributed by atoms with Crippen molar-refractivity contribution in [2.45, 2.75) is 37.1 Å². The van der Waals surface area contributed by atoms with Gasteiger partial charge in [0.25, 0.3) is 0 Å². The maximum absolute atomic E-state index is 13.4. The van der Waals surface area contributed by atoms with E-state index in [1.54, 1.807) is 11.2 Å². The number of benzene rings is 2. The lowest BCUT2D eigenvalue weighted by Gasteiger charge is -2.34. The van der Waals surface area contributed by atoms with Crippen molar-refractivity contribution in [1.29, 1.82) is 0 Å². The number of H-pyrrole nitrogens is 1. The van der Waals surface area contributed by atoms with Gasteiger partial charge in [0.1, 0.15) is 5.82 Å². The molecule has 0 spiro atoms. The molecule has 1 aliphatic heterocycles. The molecule has 1 N–H and O–H groups in total. The molecular weight excluding hydrogens is 351 g/mol. The van der Waals surface area contributed by atoms with Crippen LogP contribution in [0.4, 0.5) is 4.39 Å². The SMILES string of the molecule is Cc1cc(F)ccc1S(=O)(=O)N1CCCCC1c1cc2ccccc2[nH]1. The fourth-order valence-corrected chi connectivity index (χ4v) is 5.69. The summed E-state index contributed by atoms with van der Waals surface area (Å²) in [5.74, 6) is -0.424. The molecule has 1 saturated heterocycles. The summed E-state index contributed by atoms with van der Waals surface area (Å²) in [6, 6.07) is 13.6. The molecule has 1 aromatic heterocycles. The zero-order valence-corrected chi connectivity index (χ0v) is 15.4. The van der Waals surface area contributed by atoms with Gasteiger partial charge in [-0.25, -0.2) is 12.8 Å². The lowest BCUT2D eigenvalue weighted by atomic mass is 10.0. The number of aryl methyl sites for hydroxylation is 1. The second kappa shape index (κ2) is 6.52. The van der Waals surface area contributed by atoms with Crippen molar-refractivity contribution >= 4 is 20.9 Å². The summed E-state index contributed by atoms with van der Waals surface area (Å²) in [5.41, 5.74) is 2.35. The minimum Gasteiger partial charge on any atom is -0.357 e. The van der Waals surface area contributed by atoms with Crippen molar-refractivity contribution in [3.63, 3.8) is 0 Å².